The number of carbonyl (C=O) groups excluding carboxylic acids is 1. The topological polar surface area (TPSA) is 50.4 Å². The number of ether oxygens (including phenoxy) is 1. The molecule has 4 heteroatoms. The number of carbonyl (C=O) groups is 1. The molecule has 0 spiro atoms. The van der Waals surface area contributed by atoms with Crippen LogP contribution in [0.15, 0.2) is 24.3 Å². The number of anilines is 1. The number of rotatable bonds is 5. The van der Waals surface area contributed by atoms with Crippen LogP contribution < -0.4 is 10.6 Å². The standard InChI is InChI=1S/C14H20N2O2/c1-15-13-7-3-2-6-12(13)14(17)16-9-8-11-5-4-10-18-11/h2-3,6-7,11,15H,4-5,8-10H2,1H3,(H,16,17). The van der Waals surface area contributed by atoms with E-state index in [2.05, 4.69) is 10.6 Å². The molecule has 1 aromatic rings. The summed E-state index contributed by atoms with van der Waals surface area (Å²) in [6.45, 7) is 1.53. The molecule has 2 rings (SSSR count). The highest BCUT2D eigenvalue weighted by atomic mass is 16.5. The minimum absolute atomic E-state index is 0.0297. The van der Waals surface area contributed by atoms with Crippen molar-refractivity contribution in [1.82, 2.24) is 5.32 Å². The van der Waals surface area contributed by atoms with Crippen LogP contribution in [0, 0.1) is 0 Å². The fraction of sp³-hybridized carbons (Fsp3) is 0.500. The molecule has 18 heavy (non-hydrogen) atoms. The minimum atomic E-state index is -0.0297. The Balaban J connectivity index is 1.83. The highest BCUT2D eigenvalue weighted by molar-refractivity contribution is 5.99. The molecular weight excluding hydrogens is 228 g/mol. The van der Waals surface area contributed by atoms with E-state index in [9.17, 15) is 4.79 Å². The quantitative estimate of drug-likeness (QED) is 0.838. The Morgan fingerprint density at radius 3 is 3.00 bits per heavy atom. The van der Waals surface area contributed by atoms with Crippen molar-refractivity contribution in [2.45, 2.75) is 25.4 Å². The van der Waals surface area contributed by atoms with E-state index in [1.165, 1.54) is 0 Å². The van der Waals surface area contributed by atoms with Crippen LogP contribution in [0.5, 0.6) is 0 Å². The molecule has 1 atom stereocenters. The van der Waals surface area contributed by atoms with E-state index in [0.717, 1.165) is 31.6 Å². The average Bonchev–Trinajstić information content (AvgIpc) is 2.91. The lowest BCUT2D eigenvalue weighted by molar-refractivity contribution is 0.0908. The normalized spacial score (nSPS) is 18.6. The predicted molar refractivity (Wildman–Crippen MR) is 71.9 cm³/mol. The van der Waals surface area contributed by atoms with E-state index < -0.39 is 0 Å². The molecule has 0 bridgehead atoms. The molecule has 98 valence electrons. The van der Waals surface area contributed by atoms with Crippen molar-refractivity contribution in [2.24, 2.45) is 0 Å². The monoisotopic (exact) mass is 248 g/mol. The summed E-state index contributed by atoms with van der Waals surface area (Å²) in [5.41, 5.74) is 1.54. The van der Waals surface area contributed by atoms with E-state index in [-0.39, 0.29) is 5.91 Å². The van der Waals surface area contributed by atoms with Gasteiger partial charge in [0.1, 0.15) is 0 Å². The van der Waals surface area contributed by atoms with Gasteiger partial charge in [-0.05, 0) is 31.4 Å². The Morgan fingerprint density at radius 2 is 2.28 bits per heavy atom. The van der Waals surface area contributed by atoms with E-state index in [1.54, 1.807) is 0 Å². The number of para-hydroxylation sites is 1. The third-order valence-electron chi connectivity index (χ3n) is 3.22. The van der Waals surface area contributed by atoms with Gasteiger partial charge in [0, 0.05) is 25.9 Å². The summed E-state index contributed by atoms with van der Waals surface area (Å²) in [6, 6.07) is 7.51. The summed E-state index contributed by atoms with van der Waals surface area (Å²) in [5.74, 6) is -0.0297. The first kappa shape index (κ1) is 12.9. The maximum absolute atomic E-state index is 12.0. The molecule has 1 saturated heterocycles. The predicted octanol–water partition coefficient (Wildman–Crippen LogP) is 2.03. The number of hydrogen-bond donors (Lipinski definition) is 2. The lowest BCUT2D eigenvalue weighted by Crippen LogP contribution is -2.27. The largest absolute Gasteiger partial charge is 0.387 e. The zero-order valence-electron chi connectivity index (χ0n) is 10.7. The van der Waals surface area contributed by atoms with Gasteiger partial charge in [0.05, 0.1) is 11.7 Å². The highest BCUT2D eigenvalue weighted by Gasteiger charge is 2.16. The molecule has 1 aromatic carbocycles. The molecule has 1 unspecified atom stereocenters. The summed E-state index contributed by atoms with van der Waals surface area (Å²) in [4.78, 5) is 12.0. The first-order valence-electron chi connectivity index (χ1n) is 6.48. The van der Waals surface area contributed by atoms with Crippen LogP contribution in [-0.4, -0.2) is 32.2 Å². The van der Waals surface area contributed by atoms with Crippen LogP contribution in [0.1, 0.15) is 29.6 Å². The molecular formula is C14H20N2O2. The Bertz CT molecular complexity index is 401. The van der Waals surface area contributed by atoms with Gasteiger partial charge in [0.25, 0.3) is 5.91 Å². The molecule has 1 aliphatic rings. The first-order chi connectivity index (χ1) is 8.81. The van der Waals surface area contributed by atoms with Gasteiger partial charge in [0.2, 0.25) is 0 Å². The van der Waals surface area contributed by atoms with Gasteiger partial charge in [-0.1, -0.05) is 12.1 Å². The van der Waals surface area contributed by atoms with Crippen LogP contribution in [-0.2, 0) is 4.74 Å². The van der Waals surface area contributed by atoms with Crippen molar-refractivity contribution >= 4 is 11.6 Å². The third kappa shape index (κ3) is 3.23. The van der Waals surface area contributed by atoms with Gasteiger partial charge in [-0.15, -0.1) is 0 Å². The third-order valence-corrected chi connectivity index (χ3v) is 3.22. The summed E-state index contributed by atoms with van der Waals surface area (Å²) in [6.07, 6.45) is 3.47. The molecule has 0 saturated carbocycles. The fourth-order valence-corrected chi connectivity index (χ4v) is 2.21. The lowest BCUT2D eigenvalue weighted by Gasteiger charge is -2.12. The molecule has 0 aromatic heterocycles. The molecule has 1 amide bonds. The van der Waals surface area contributed by atoms with Crippen molar-refractivity contribution in [3.8, 4) is 0 Å². The van der Waals surface area contributed by atoms with Crippen LogP contribution in [0.4, 0.5) is 5.69 Å². The number of nitrogens with one attached hydrogen (secondary N) is 2. The Hall–Kier alpha value is -1.55. The Kier molecular flexibility index (Phi) is 4.59. The lowest BCUT2D eigenvalue weighted by atomic mass is 10.1. The number of benzene rings is 1. The summed E-state index contributed by atoms with van der Waals surface area (Å²) >= 11 is 0. The van der Waals surface area contributed by atoms with Crippen molar-refractivity contribution < 1.29 is 9.53 Å². The number of amides is 1. The van der Waals surface area contributed by atoms with Gasteiger partial charge in [0.15, 0.2) is 0 Å². The van der Waals surface area contributed by atoms with E-state index in [4.69, 9.17) is 4.74 Å². The molecule has 4 nitrogen and oxygen atoms in total. The smallest absolute Gasteiger partial charge is 0.253 e. The molecule has 0 aliphatic carbocycles. The van der Waals surface area contributed by atoms with Crippen LogP contribution in [0.3, 0.4) is 0 Å². The van der Waals surface area contributed by atoms with Crippen molar-refractivity contribution in [2.75, 3.05) is 25.5 Å². The second kappa shape index (κ2) is 6.40. The maximum atomic E-state index is 12.0. The first-order valence-corrected chi connectivity index (χ1v) is 6.48. The van der Waals surface area contributed by atoms with Crippen molar-refractivity contribution in [3.63, 3.8) is 0 Å². The van der Waals surface area contributed by atoms with Crippen molar-refractivity contribution in [3.05, 3.63) is 29.8 Å². The van der Waals surface area contributed by atoms with Crippen LogP contribution in [0.2, 0.25) is 0 Å². The van der Waals surface area contributed by atoms with E-state index >= 15 is 0 Å². The molecule has 2 N–H and O–H groups in total. The van der Waals surface area contributed by atoms with Gasteiger partial charge in [-0.2, -0.15) is 0 Å². The molecule has 1 aliphatic heterocycles. The van der Waals surface area contributed by atoms with Gasteiger partial charge >= 0.3 is 0 Å². The summed E-state index contributed by atoms with van der Waals surface area (Å²) in [7, 11) is 1.82. The van der Waals surface area contributed by atoms with Crippen LogP contribution in [0.25, 0.3) is 0 Å². The zero-order chi connectivity index (χ0) is 12.8. The Labute approximate surface area is 108 Å². The van der Waals surface area contributed by atoms with E-state index in [1.807, 2.05) is 31.3 Å². The van der Waals surface area contributed by atoms with Crippen molar-refractivity contribution in [1.29, 1.82) is 0 Å². The number of hydrogen-bond acceptors (Lipinski definition) is 3. The average molecular weight is 248 g/mol. The fourth-order valence-electron chi connectivity index (χ4n) is 2.21. The van der Waals surface area contributed by atoms with Gasteiger partial charge in [-0.25, -0.2) is 0 Å². The Morgan fingerprint density at radius 1 is 1.44 bits per heavy atom. The summed E-state index contributed by atoms with van der Waals surface area (Å²) < 4.78 is 5.52. The van der Waals surface area contributed by atoms with Gasteiger partial charge in [-0.3, -0.25) is 4.79 Å². The molecule has 1 heterocycles. The van der Waals surface area contributed by atoms with Crippen LogP contribution >= 0.6 is 0 Å². The molecule has 1 fully saturated rings. The second-order valence-corrected chi connectivity index (χ2v) is 4.48. The maximum Gasteiger partial charge on any atom is 0.253 e. The van der Waals surface area contributed by atoms with Gasteiger partial charge < -0.3 is 15.4 Å². The zero-order valence-corrected chi connectivity index (χ0v) is 10.7. The second-order valence-electron chi connectivity index (χ2n) is 4.48. The van der Waals surface area contributed by atoms with E-state index in [0.29, 0.717) is 18.2 Å². The minimum Gasteiger partial charge on any atom is -0.387 e. The highest BCUT2D eigenvalue weighted by Crippen LogP contribution is 2.16. The summed E-state index contributed by atoms with van der Waals surface area (Å²) in [5, 5.41) is 5.96. The molecule has 0 radical (unpaired) electrons. The SMILES string of the molecule is CNc1ccccc1C(=O)NCCC1CCCO1.